The van der Waals surface area contributed by atoms with Crippen LogP contribution < -0.4 is 21.3 Å². The van der Waals surface area contributed by atoms with Gasteiger partial charge in [0.25, 0.3) is 0 Å². The van der Waals surface area contributed by atoms with Crippen LogP contribution in [0.15, 0.2) is 35.8 Å². The highest BCUT2D eigenvalue weighted by atomic mass is 35.5. The Hall–Kier alpha value is -4.44. The maximum atomic E-state index is 12.2. The Kier molecular flexibility index (Phi) is 9.14. The van der Waals surface area contributed by atoms with E-state index in [1.54, 1.807) is 12.3 Å². The molecule has 2 amide bonds. The number of rotatable bonds is 11. The van der Waals surface area contributed by atoms with Gasteiger partial charge < -0.3 is 21.4 Å². The van der Waals surface area contributed by atoms with Crippen molar-refractivity contribution in [3.8, 4) is 6.07 Å². The predicted molar refractivity (Wildman–Crippen MR) is 136 cm³/mol. The summed E-state index contributed by atoms with van der Waals surface area (Å²) in [6.07, 6.45) is 4.74. The Morgan fingerprint density at radius 2 is 2.14 bits per heavy atom. The molecule has 0 bridgehead atoms. The number of nitriles is 1. The van der Waals surface area contributed by atoms with E-state index in [9.17, 15) is 4.79 Å². The number of carbonyl (C=O) groups is 1. The monoisotopic (exact) mass is 510 g/mol. The van der Waals surface area contributed by atoms with Gasteiger partial charge in [0, 0.05) is 53.9 Å². The van der Waals surface area contributed by atoms with Crippen molar-refractivity contribution in [3.05, 3.63) is 62.3 Å². The van der Waals surface area contributed by atoms with Crippen LogP contribution in [0.3, 0.4) is 0 Å². The SMILES string of the molecule is N#Cc1ccc(NC(=O)Nc2ncc(CCNc3ncnc(C=N)c3NCCN=[N+]=[N-])s2)cc1Cl. The molecular weight excluding hydrogens is 492 g/mol. The molecule has 15 heteroatoms. The number of urea groups is 1. The molecule has 0 saturated heterocycles. The topological polar surface area (TPSA) is 200 Å². The average Bonchev–Trinajstić information content (AvgIpc) is 3.29. The minimum Gasteiger partial charge on any atom is -0.380 e. The van der Waals surface area contributed by atoms with Crippen LogP contribution in [0.4, 0.5) is 27.1 Å². The van der Waals surface area contributed by atoms with Gasteiger partial charge in [-0.25, -0.2) is 19.7 Å². The van der Waals surface area contributed by atoms with Gasteiger partial charge in [-0.15, -0.1) is 11.3 Å². The minimum absolute atomic E-state index is 0.241. The van der Waals surface area contributed by atoms with E-state index in [2.05, 4.69) is 46.2 Å². The molecule has 3 rings (SSSR count). The number of amides is 2. The van der Waals surface area contributed by atoms with Crippen LogP contribution in [-0.2, 0) is 6.42 Å². The molecule has 2 heterocycles. The van der Waals surface area contributed by atoms with Crippen molar-refractivity contribution in [1.82, 2.24) is 15.0 Å². The summed E-state index contributed by atoms with van der Waals surface area (Å²) in [7, 11) is 0. The van der Waals surface area contributed by atoms with E-state index in [4.69, 9.17) is 27.8 Å². The van der Waals surface area contributed by atoms with E-state index < -0.39 is 6.03 Å². The zero-order chi connectivity index (χ0) is 25.0. The molecule has 0 atom stereocenters. The molecule has 35 heavy (non-hydrogen) atoms. The number of hydrogen-bond acceptors (Lipinski definition) is 10. The fraction of sp³-hybridized carbons (Fsp3) is 0.200. The lowest BCUT2D eigenvalue weighted by atomic mass is 10.2. The van der Waals surface area contributed by atoms with Crippen LogP contribution in [0.1, 0.15) is 16.1 Å². The number of halogens is 1. The van der Waals surface area contributed by atoms with Gasteiger partial charge in [0.1, 0.15) is 23.8 Å². The Morgan fingerprint density at radius 3 is 2.89 bits per heavy atom. The third kappa shape index (κ3) is 7.27. The number of benzene rings is 1. The molecule has 5 N–H and O–H groups in total. The lowest BCUT2D eigenvalue weighted by Gasteiger charge is -2.13. The van der Waals surface area contributed by atoms with Gasteiger partial charge in [-0.2, -0.15) is 5.26 Å². The summed E-state index contributed by atoms with van der Waals surface area (Å²) in [5, 5.41) is 32.2. The van der Waals surface area contributed by atoms with Gasteiger partial charge in [0.2, 0.25) is 0 Å². The summed E-state index contributed by atoms with van der Waals surface area (Å²) in [4.78, 5) is 28.4. The molecule has 13 nitrogen and oxygen atoms in total. The van der Waals surface area contributed by atoms with Crippen molar-refractivity contribution in [2.75, 3.05) is 40.9 Å². The smallest absolute Gasteiger partial charge is 0.325 e. The number of aromatic nitrogens is 3. The Balaban J connectivity index is 1.53. The molecular formula is C20H19ClN12OS. The molecule has 0 aliphatic heterocycles. The third-order valence-corrected chi connectivity index (χ3v) is 5.66. The Labute approximate surface area is 208 Å². The fourth-order valence-corrected chi connectivity index (χ4v) is 3.85. The van der Waals surface area contributed by atoms with Gasteiger partial charge in [0.15, 0.2) is 10.9 Å². The fourth-order valence-electron chi connectivity index (χ4n) is 2.82. The number of carbonyl (C=O) groups excluding carboxylic acids is 1. The third-order valence-electron chi connectivity index (χ3n) is 4.38. The number of anilines is 4. The van der Waals surface area contributed by atoms with E-state index >= 15 is 0 Å². The lowest BCUT2D eigenvalue weighted by Crippen LogP contribution is -2.19. The van der Waals surface area contributed by atoms with Crippen LogP contribution >= 0.6 is 22.9 Å². The van der Waals surface area contributed by atoms with Crippen molar-refractivity contribution in [3.63, 3.8) is 0 Å². The van der Waals surface area contributed by atoms with Crippen molar-refractivity contribution < 1.29 is 4.79 Å². The first-order chi connectivity index (χ1) is 17.0. The number of thiazole rings is 1. The van der Waals surface area contributed by atoms with Gasteiger partial charge in [-0.05, 0) is 23.7 Å². The zero-order valence-corrected chi connectivity index (χ0v) is 19.7. The standard InChI is InChI=1S/C20H19ClN12OS/c21-15-7-13(2-1-12(15)8-22)31-19(34)32-20-27-10-14(35-20)3-4-26-18-17(25-5-6-30-33-24)16(9-23)28-11-29-18/h1-2,7,9-11,23,25H,3-6H2,(H,26,28,29)(H2,27,31,32,34). The summed E-state index contributed by atoms with van der Waals surface area (Å²) in [6.45, 7) is 1.12. The van der Waals surface area contributed by atoms with Gasteiger partial charge in [0.05, 0.1) is 10.6 Å². The Bertz CT molecular complexity index is 1300. The van der Waals surface area contributed by atoms with Crippen LogP contribution in [0.2, 0.25) is 5.02 Å². The number of nitrogens with one attached hydrogen (secondary N) is 5. The molecule has 0 fully saturated rings. The van der Waals surface area contributed by atoms with Crippen LogP contribution in [0, 0.1) is 16.7 Å². The normalized spacial score (nSPS) is 9.94. The zero-order valence-electron chi connectivity index (χ0n) is 18.1. The summed E-state index contributed by atoms with van der Waals surface area (Å²) >= 11 is 7.31. The molecule has 3 aromatic rings. The van der Waals surface area contributed by atoms with Crippen molar-refractivity contribution in [1.29, 1.82) is 10.7 Å². The molecule has 0 aliphatic carbocycles. The second-order valence-electron chi connectivity index (χ2n) is 6.70. The summed E-state index contributed by atoms with van der Waals surface area (Å²) in [6, 6.07) is 6.08. The average molecular weight is 511 g/mol. The highest BCUT2D eigenvalue weighted by molar-refractivity contribution is 7.15. The largest absolute Gasteiger partial charge is 0.380 e. The number of hydrogen-bond donors (Lipinski definition) is 5. The molecule has 1 aromatic carbocycles. The number of nitrogens with zero attached hydrogens (tertiary/aromatic N) is 7. The first kappa shape index (κ1) is 25.2. The van der Waals surface area contributed by atoms with E-state index in [0.29, 0.717) is 53.1 Å². The van der Waals surface area contributed by atoms with Crippen molar-refractivity contribution in [2.45, 2.75) is 6.42 Å². The summed E-state index contributed by atoms with van der Waals surface area (Å²) in [5.41, 5.74) is 10.1. The first-order valence-corrected chi connectivity index (χ1v) is 11.3. The van der Waals surface area contributed by atoms with Crippen LogP contribution in [-0.4, -0.2) is 46.8 Å². The van der Waals surface area contributed by atoms with E-state index in [-0.39, 0.29) is 11.6 Å². The lowest BCUT2D eigenvalue weighted by molar-refractivity contribution is 0.262. The maximum absolute atomic E-state index is 12.2. The van der Waals surface area contributed by atoms with Crippen LogP contribution in [0.25, 0.3) is 10.4 Å². The summed E-state index contributed by atoms with van der Waals surface area (Å²) in [5.74, 6) is 0.516. The second-order valence-corrected chi connectivity index (χ2v) is 8.22. The molecule has 2 aromatic heterocycles. The highest BCUT2D eigenvalue weighted by Gasteiger charge is 2.11. The molecule has 0 spiro atoms. The van der Waals surface area contributed by atoms with Gasteiger partial charge in [-0.3, -0.25) is 5.32 Å². The van der Waals surface area contributed by atoms with Crippen LogP contribution in [0.5, 0.6) is 0 Å². The van der Waals surface area contributed by atoms with Crippen molar-refractivity contribution >= 4 is 57.5 Å². The molecule has 178 valence electrons. The van der Waals surface area contributed by atoms with Gasteiger partial charge in [-0.1, -0.05) is 16.7 Å². The van der Waals surface area contributed by atoms with Gasteiger partial charge >= 0.3 is 6.03 Å². The maximum Gasteiger partial charge on any atom is 0.325 e. The second kappa shape index (κ2) is 12.7. The van der Waals surface area contributed by atoms with E-state index in [0.717, 1.165) is 11.1 Å². The predicted octanol–water partition coefficient (Wildman–Crippen LogP) is 4.48. The summed E-state index contributed by atoms with van der Waals surface area (Å²) < 4.78 is 0. The molecule has 0 aliphatic rings. The highest BCUT2D eigenvalue weighted by Crippen LogP contribution is 2.23. The van der Waals surface area contributed by atoms with E-state index in [1.807, 2.05) is 6.07 Å². The van der Waals surface area contributed by atoms with Crippen molar-refractivity contribution in [2.24, 2.45) is 5.11 Å². The molecule has 0 saturated carbocycles. The number of azide groups is 1. The first-order valence-electron chi connectivity index (χ1n) is 10.1. The molecule has 0 unspecified atom stereocenters. The minimum atomic E-state index is -0.485. The van der Waals surface area contributed by atoms with E-state index in [1.165, 1.54) is 29.8 Å². The molecule has 0 radical (unpaired) electrons. The Morgan fingerprint density at radius 1 is 1.29 bits per heavy atom. The quantitative estimate of drug-likeness (QED) is 0.0821.